The minimum Gasteiger partial charge on any atom is -0.464 e. The van der Waals surface area contributed by atoms with Crippen LogP contribution in [0.1, 0.15) is 54.9 Å². The van der Waals surface area contributed by atoms with Crippen LogP contribution in [0.15, 0.2) is 40.8 Å². The normalized spacial score (nSPS) is 22.8. The number of furan rings is 1. The molecule has 1 aliphatic rings. The van der Waals surface area contributed by atoms with E-state index in [0.717, 1.165) is 24.0 Å². The number of rotatable bonds is 5. The summed E-state index contributed by atoms with van der Waals surface area (Å²) >= 11 is 0. The molecule has 1 aromatic heterocycles. The van der Waals surface area contributed by atoms with E-state index in [1.807, 2.05) is 0 Å². The molecule has 0 spiro atoms. The van der Waals surface area contributed by atoms with Crippen LogP contribution in [-0.2, 0) is 6.54 Å². The van der Waals surface area contributed by atoms with E-state index in [2.05, 4.69) is 62.5 Å². The molecule has 2 nitrogen and oxygen atoms in total. The van der Waals surface area contributed by atoms with Crippen molar-refractivity contribution in [2.75, 3.05) is 0 Å². The average molecular weight is 269 g/mol. The van der Waals surface area contributed by atoms with E-state index < -0.39 is 0 Å². The Morgan fingerprint density at radius 1 is 1.20 bits per heavy atom. The predicted molar refractivity (Wildman–Crippen MR) is 81.7 cm³/mol. The van der Waals surface area contributed by atoms with E-state index >= 15 is 0 Å². The Morgan fingerprint density at radius 3 is 2.55 bits per heavy atom. The Labute approximate surface area is 121 Å². The van der Waals surface area contributed by atoms with Crippen molar-refractivity contribution in [3.05, 3.63) is 59.0 Å². The van der Waals surface area contributed by atoms with Crippen LogP contribution >= 0.6 is 0 Å². The minimum absolute atomic E-state index is 0.337. The summed E-state index contributed by atoms with van der Waals surface area (Å²) in [5.74, 6) is 3.67. The summed E-state index contributed by atoms with van der Waals surface area (Å²) in [5, 5.41) is 3.52. The van der Waals surface area contributed by atoms with Gasteiger partial charge in [0.2, 0.25) is 0 Å². The quantitative estimate of drug-likeness (QED) is 0.860. The van der Waals surface area contributed by atoms with Crippen LogP contribution < -0.4 is 5.32 Å². The van der Waals surface area contributed by atoms with Crippen LogP contribution in [0.3, 0.4) is 0 Å². The third-order valence-electron chi connectivity index (χ3n) is 4.32. The van der Waals surface area contributed by atoms with E-state index in [1.54, 1.807) is 0 Å². The van der Waals surface area contributed by atoms with Gasteiger partial charge in [0.25, 0.3) is 0 Å². The van der Waals surface area contributed by atoms with Gasteiger partial charge in [-0.1, -0.05) is 36.8 Å². The molecule has 0 aliphatic heterocycles. The maximum atomic E-state index is 5.92. The lowest BCUT2D eigenvalue weighted by molar-refractivity contribution is 0.430. The summed E-state index contributed by atoms with van der Waals surface area (Å²) < 4.78 is 5.92. The molecule has 1 fully saturated rings. The molecule has 0 amide bonds. The third-order valence-corrected chi connectivity index (χ3v) is 4.32. The van der Waals surface area contributed by atoms with Crippen LogP contribution in [0.4, 0.5) is 0 Å². The Morgan fingerprint density at radius 2 is 1.90 bits per heavy atom. The van der Waals surface area contributed by atoms with Gasteiger partial charge >= 0.3 is 0 Å². The van der Waals surface area contributed by atoms with Crippen molar-refractivity contribution in [1.29, 1.82) is 0 Å². The molecule has 1 aliphatic carbocycles. The second kappa shape index (κ2) is 5.45. The zero-order chi connectivity index (χ0) is 14.1. The fourth-order valence-electron chi connectivity index (χ4n) is 2.63. The highest BCUT2D eigenvalue weighted by Gasteiger charge is 2.36. The van der Waals surface area contributed by atoms with Crippen molar-refractivity contribution in [2.45, 2.75) is 45.7 Å². The van der Waals surface area contributed by atoms with E-state index in [-0.39, 0.29) is 0 Å². The number of aryl methyl sites for hydroxylation is 1. The Bertz CT molecular complexity index is 569. The number of hydrogen-bond donors (Lipinski definition) is 1. The van der Waals surface area contributed by atoms with Gasteiger partial charge in [-0.3, -0.25) is 0 Å². The van der Waals surface area contributed by atoms with Gasteiger partial charge in [0.15, 0.2) is 0 Å². The monoisotopic (exact) mass is 269 g/mol. The Kier molecular flexibility index (Phi) is 3.66. The number of benzene rings is 1. The first-order valence-corrected chi connectivity index (χ1v) is 7.52. The van der Waals surface area contributed by atoms with Gasteiger partial charge in [-0.25, -0.2) is 0 Å². The molecule has 3 unspecified atom stereocenters. The van der Waals surface area contributed by atoms with Crippen molar-refractivity contribution in [3.63, 3.8) is 0 Å². The first-order valence-electron chi connectivity index (χ1n) is 7.52. The Balaban J connectivity index is 1.56. The maximum Gasteiger partial charge on any atom is 0.117 e. The zero-order valence-electron chi connectivity index (χ0n) is 12.5. The topological polar surface area (TPSA) is 25.2 Å². The lowest BCUT2D eigenvalue weighted by Crippen LogP contribution is -2.17. The Hall–Kier alpha value is -1.54. The van der Waals surface area contributed by atoms with Crippen LogP contribution in [0.5, 0.6) is 0 Å². The average Bonchev–Trinajstić information content (AvgIpc) is 3.00. The SMILES string of the molecule is Cc1ccc(C(C)NCc2ccc(C3CC3C)o2)cc1. The van der Waals surface area contributed by atoms with Crippen molar-refractivity contribution in [1.82, 2.24) is 5.32 Å². The van der Waals surface area contributed by atoms with Gasteiger partial charge in [0.05, 0.1) is 6.54 Å². The molecule has 106 valence electrons. The first-order chi connectivity index (χ1) is 9.63. The molecule has 1 saturated carbocycles. The van der Waals surface area contributed by atoms with E-state index in [9.17, 15) is 0 Å². The number of hydrogen-bond acceptors (Lipinski definition) is 2. The van der Waals surface area contributed by atoms with Crippen LogP contribution in [0.25, 0.3) is 0 Å². The predicted octanol–water partition coefficient (Wildman–Crippen LogP) is 4.56. The van der Waals surface area contributed by atoms with Gasteiger partial charge in [-0.15, -0.1) is 0 Å². The van der Waals surface area contributed by atoms with Crippen LogP contribution in [-0.4, -0.2) is 0 Å². The standard InChI is InChI=1S/C18H23NO/c1-12-4-6-15(7-5-12)14(3)19-11-16-8-9-18(20-16)17-10-13(17)2/h4-9,13-14,17,19H,10-11H2,1-3H3. The highest BCUT2D eigenvalue weighted by molar-refractivity contribution is 5.24. The minimum atomic E-state index is 0.337. The number of nitrogens with one attached hydrogen (secondary N) is 1. The summed E-state index contributed by atoms with van der Waals surface area (Å²) in [6.07, 6.45) is 1.28. The smallest absolute Gasteiger partial charge is 0.117 e. The van der Waals surface area contributed by atoms with Gasteiger partial charge < -0.3 is 9.73 Å². The van der Waals surface area contributed by atoms with Crippen molar-refractivity contribution in [3.8, 4) is 0 Å². The molecule has 0 radical (unpaired) electrons. The van der Waals surface area contributed by atoms with E-state index in [4.69, 9.17) is 4.42 Å². The second-order valence-corrected chi connectivity index (χ2v) is 6.14. The molecule has 1 heterocycles. The lowest BCUT2D eigenvalue weighted by Gasteiger charge is -2.13. The molecule has 2 heteroatoms. The van der Waals surface area contributed by atoms with Crippen LogP contribution in [0.2, 0.25) is 0 Å². The molecule has 20 heavy (non-hydrogen) atoms. The summed E-state index contributed by atoms with van der Waals surface area (Å²) in [6, 6.07) is 13.3. The molecule has 1 N–H and O–H groups in total. The molecular weight excluding hydrogens is 246 g/mol. The molecule has 0 bridgehead atoms. The summed E-state index contributed by atoms with van der Waals surface area (Å²) in [7, 11) is 0. The summed E-state index contributed by atoms with van der Waals surface area (Å²) in [6.45, 7) is 7.38. The zero-order valence-corrected chi connectivity index (χ0v) is 12.5. The van der Waals surface area contributed by atoms with Crippen molar-refractivity contribution in [2.24, 2.45) is 5.92 Å². The highest BCUT2D eigenvalue weighted by atomic mass is 16.3. The van der Waals surface area contributed by atoms with Gasteiger partial charge in [0.1, 0.15) is 11.5 Å². The fraction of sp³-hybridized carbons (Fsp3) is 0.444. The molecule has 3 atom stereocenters. The van der Waals surface area contributed by atoms with Crippen LogP contribution in [0, 0.1) is 12.8 Å². The largest absolute Gasteiger partial charge is 0.464 e. The summed E-state index contributed by atoms with van der Waals surface area (Å²) in [4.78, 5) is 0. The van der Waals surface area contributed by atoms with Gasteiger partial charge in [0, 0.05) is 12.0 Å². The van der Waals surface area contributed by atoms with Gasteiger partial charge in [-0.05, 0) is 43.9 Å². The first kappa shape index (κ1) is 13.4. The molecule has 1 aromatic carbocycles. The molecular formula is C18H23NO. The summed E-state index contributed by atoms with van der Waals surface area (Å²) in [5.41, 5.74) is 2.62. The van der Waals surface area contributed by atoms with E-state index in [0.29, 0.717) is 12.0 Å². The molecule has 0 saturated heterocycles. The highest BCUT2D eigenvalue weighted by Crippen LogP contribution is 2.47. The van der Waals surface area contributed by atoms with Crippen molar-refractivity contribution >= 4 is 0 Å². The fourth-order valence-corrected chi connectivity index (χ4v) is 2.63. The molecule has 3 rings (SSSR count). The molecule has 2 aromatic rings. The third kappa shape index (κ3) is 2.96. The lowest BCUT2D eigenvalue weighted by atomic mass is 10.1. The van der Waals surface area contributed by atoms with Crippen molar-refractivity contribution < 1.29 is 4.42 Å². The van der Waals surface area contributed by atoms with E-state index in [1.165, 1.54) is 17.5 Å². The maximum absolute atomic E-state index is 5.92. The second-order valence-electron chi connectivity index (χ2n) is 6.14. The van der Waals surface area contributed by atoms with Gasteiger partial charge in [-0.2, -0.15) is 0 Å².